The molecule has 0 saturated carbocycles. The molecule has 0 rings (SSSR count). The zero-order valence-electron chi connectivity index (χ0n) is 5.17. The molecule has 0 fully saturated rings. The first-order valence-electron chi connectivity index (χ1n) is 2.78. The van der Waals surface area contributed by atoms with Crippen molar-refractivity contribution in [3.05, 3.63) is 0 Å². The summed E-state index contributed by atoms with van der Waals surface area (Å²) in [7, 11) is 0. The Labute approximate surface area is 53.8 Å². The van der Waals surface area contributed by atoms with E-state index in [-0.39, 0.29) is 6.61 Å². The summed E-state index contributed by atoms with van der Waals surface area (Å²) in [6.07, 6.45) is 0. The number of rotatable bonds is 6. The van der Waals surface area contributed by atoms with Gasteiger partial charge < -0.3 is 15.2 Å². The number of aliphatic hydroxyl groups is 1. The van der Waals surface area contributed by atoms with Crippen LogP contribution in [0.2, 0.25) is 0 Å². The third-order valence-electron chi connectivity index (χ3n) is 0.753. The van der Waals surface area contributed by atoms with Crippen molar-refractivity contribution < 1.29 is 14.6 Å². The molecule has 4 heteroatoms. The van der Waals surface area contributed by atoms with Crippen LogP contribution in [0.3, 0.4) is 0 Å². The SMILES string of the molecule is O=COCCNCCO. The molecule has 0 aromatic rings. The Morgan fingerprint density at radius 1 is 1.56 bits per heavy atom. The second-order valence-corrected chi connectivity index (χ2v) is 1.44. The number of hydrogen-bond donors (Lipinski definition) is 2. The average Bonchev–Trinajstić information content (AvgIpc) is 1.89. The maximum absolute atomic E-state index is 9.54. The Hall–Kier alpha value is -0.610. The second kappa shape index (κ2) is 7.39. The van der Waals surface area contributed by atoms with E-state index in [1.807, 2.05) is 0 Å². The summed E-state index contributed by atoms with van der Waals surface area (Å²) in [5, 5.41) is 11.1. The summed E-state index contributed by atoms with van der Waals surface area (Å²) >= 11 is 0. The van der Waals surface area contributed by atoms with Gasteiger partial charge in [0, 0.05) is 13.1 Å². The topological polar surface area (TPSA) is 58.6 Å². The van der Waals surface area contributed by atoms with Gasteiger partial charge in [-0.15, -0.1) is 0 Å². The van der Waals surface area contributed by atoms with Crippen LogP contribution in [0.4, 0.5) is 0 Å². The molecule has 0 heterocycles. The smallest absolute Gasteiger partial charge is 0.293 e. The Bertz CT molecular complexity index is 67.2. The molecular formula is C5H11NO3. The minimum atomic E-state index is 0.112. The molecule has 9 heavy (non-hydrogen) atoms. The molecule has 2 N–H and O–H groups in total. The van der Waals surface area contributed by atoms with Gasteiger partial charge in [0.05, 0.1) is 6.61 Å². The summed E-state index contributed by atoms with van der Waals surface area (Å²) in [6, 6.07) is 0. The van der Waals surface area contributed by atoms with Gasteiger partial charge in [-0.2, -0.15) is 0 Å². The molecule has 0 saturated heterocycles. The molecule has 0 aliphatic rings. The molecule has 0 aliphatic heterocycles. The van der Waals surface area contributed by atoms with Crippen molar-refractivity contribution in [1.82, 2.24) is 5.32 Å². The van der Waals surface area contributed by atoms with Crippen LogP contribution in [0.5, 0.6) is 0 Å². The minimum Gasteiger partial charge on any atom is -0.467 e. The number of carbonyl (C=O) groups is 1. The molecule has 0 aliphatic carbocycles. The van der Waals surface area contributed by atoms with Crippen molar-refractivity contribution in [3.8, 4) is 0 Å². The summed E-state index contributed by atoms with van der Waals surface area (Å²) in [4.78, 5) is 9.54. The van der Waals surface area contributed by atoms with Crippen LogP contribution >= 0.6 is 0 Å². The quantitative estimate of drug-likeness (QED) is 0.351. The van der Waals surface area contributed by atoms with E-state index in [1.54, 1.807) is 0 Å². The Balaban J connectivity index is 2.66. The Morgan fingerprint density at radius 3 is 2.89 bits per heavy atom. The first-order chi connectivity index (χ1) is 4.41. The molecule has 54 valence electrons. The van der Waals surface area contributed by atoms with Gasteiger partial charge in [0.1, 0.15) is 6.61 Å². The largest absolute Gasteiger partial charge is 0.467 e. The fraction of sp³-hybridized carbons (Fsp3) is 0.800. The zero-order chi connectivity index (χ0) is 6.95. The second-order valence-electron chi connectivity index (χ2n) is 1.44. The first kappa shape index (κ1) is 8.39. The highest BCUT2D eigenvalue weighted by Gasteiger charge is 1.83. The molecule has 0 unspecified atom stereocenters. The average molecular weight is 133 g/mol. The molecule has 0 atom stereocenters. The molecule has 0 amide bonds. The number of nitrogens with one attached hydrogen (secondary N) is 1. The molecule has 0 aromatic carbocycles. The highest BCUT2D eigenvalue weighted by molar-refractivity contribution is 5.36. The molecule has 0 aromatic heterocycles. The fourth-order valence-corrected chi connectivity index (χ4v) is 0.383. The maximum Gasteiger partial charge on any atom is 0.293 e. The van der Waals surface area contributed by atoms with Crippen molar-refractivity contribution in [3.63, 3.8) is 0 Å². The molecule has 0 spiro atoms. The van der Waals surface area contributed by atoms with Gasteiger partial charge in [-0.1, -0.05) is 0 Å². The molecule has 0 radical (unpaired) electrons. The highest BCUT2D eigenvalue weighted by atomic mass is 16.5. The van der Waals surface area contributed by atoms with Crippen molar-refractivity contribution in [2.24, 2.45) is 0 Å². The van der Waals surface area contributed by atoms with E-state index in [0.29, 0.717) is 26.2 Å². The van der Waals surface area contributed by atoms with Gasteiger partial charge in [-0.05, 0) is 0 Å². The van der Waals surface area contributed by atoms with E-state index in [9.17, 15) is 4.79 Å². The van der Waals surface area contributed by atoms with Crippen LogP contribution in [0.15, 0.2) is 0 Å². The van der Waals surface area contributed by atoms with Crippen molar-refractivity contribution in [2.75, 3.05) is 26.3 Å². The third-order valence-corrected chi connectivity index (χ3v) is 0.753. The number of ether oxygens (including phenoxy) is 1. The lowest BCUT2D eigenvalue weighted by Crippen LogP contribution is -2.22. The van der Waals surface area contributed by atoms with Crippen LogP contribution in [0.25, 0.3) is 0 Å². The third kappa shape index (κ3) is 7.39. The zero-order valence-corrected chi connectivity index (χ0v) is 5.17. The lowest BCUT2D eigenvalue weighted by molar-refractivity contribution is -0.128. The molecule has 0 bridgehead atoms. The minimum absolute atomic E-state index is 0.112. The van der Waals surface area contributed by atoms with Crippen molar-refractivity contribution >= 4 is 6.47 Å². The maximum atomic E-state index is 9.54. The monoisotopic (exact) mass is 133 g/mol. The number of hydrogen-bond acceptors (Lipinski definition) is 4. The summed E-state index contributed by atoms with van der Waals surface area (Å²) in [6.45, 7) is 2.02. The van der Waals surface area contributed by atoms with Gasteiger partial charge in [0.25, 0.3) is 6.47 Å². The van der Waals surface area contributed by atoms with Gasteiger partial charge in [0.2, 0.25) is 0 Å². The molecular weight excluding hydrogens is 122 g/mol. The first-order valence-corrected chi connectivity index (χ1v) is 2.78. The van der Waals surface area contributed by atoms with Crippen LogP contribution < -0.4 is 5.32 Å². The number of aliphatic hydroxyl groups excluding tert-OH is 1. The van der Waals surface area contributed by atoms with Crippen molar-refractivity contribution in [1.29, 1.82) is 0 Å². The summed E-state index contributed by atoms with van der Waals surface area (Å²) in [5.41, 5.74) is 0. The highest BCUT2D eigenvalue weighted by Crippen LogP contribution is 1.63. The van der Waals surface area contributed by atoms with Crippen LogP contribution in [0.1, 0.15) is 0 Å². The normalized spacial score (nSPS) is 9.00. The predicted octanol–water partition coefficient (Wildman–Crippen LogP) is -1.26. The predicted molar refractivity (Wildman–Crippen MR) is 32.0 cm³/mol. The van der Waals surface area contributed by atoms with Gasteiger partial charge >= 0.3 is 0 Å². The van der Waals surface area contributed by atoms with Crippen molar-refractivity contribution in [2.45, 2.75) is 0 Å². The van der Waals surface area contributed by atoms with Gasteiger partial charge in [-0.25, -0.2) is 0 Å². The van der Waals surface area contributed by atoms with Crippen LogP contribution in [-0.4, -0.2) is 37.9 Å². The fourth-order valence-electron chi connectivity index (χ4n) is 0.383. The Morgan fingerprint density at radius 2 is 2.33 bits per heavy atom. The summed E-state index contributed by atoms with van der Waals surface area (Å²) in [5.74, 6) is 0. The standard InChI is InChI=1S/C5H11NO3/c7-3-1-6-2-4-9-5-8/h5-7H,1-4H2. The van der Waals surface area contributed by atoms with Crippen LogP contribution in [-0.2, 0) is 9.53 Å². The van der Waals surface area contributed by atoms with E-state index in [4.69, 9.17) is 5.11 Å². The van der Waals surface area contributed by atoms with E-state index >= 15 is 0 Å². The van der Waals surface area contributed by atoms with E-state index in [0.717, 1.165) is 0 Å². The van der Waals surface area contributed by atoms with Crippen LogP contribution in [0, 0.1) is 0 Å². The summed E-state index contributed by atoms with van der Waals surface area (Å²) < 4.78 is 4.36. The van der Waals surface area contributed by atoms with E-state index in [2.05, 4.69) is 10.1 Å². The lowest BCUT2D eigenvalue weighted by Gasteiger charge is -1.98. The number of carbonyl (C=O) groups excluding carboxylic acids is 1. The Kier molecular flexibility index (Phi) is 6.89. The van der Waals surface area contributed by atoms with E-state index in [1.165, 1.54) is 0 Å². The van der Waals surface area contributed by atoms with E-state index < -0.39 is 0 Å². The molecule has 4 nitrogen and oxygen atoms in total. The van der Waals surface area contributed by atoms with Gasteiger partial charge in [0.15, 0.2) is 0 Å². The van der Waals surface area contributed by atoms with Gasteiger partial charge in [-0.3, -0.25) is 4.79 Å². The lowest BCUT2D eigenvalue weighted by atomic mass is 10.6.